The van der Waals surface area contributed by atoms with E-state index >= 15 is 0 Å². The van der Waals surface area contributed by atoms with Gasteiger partial charge in [0.25, 0.3) is 10.9 Å². The van der Waals surface area contributed by atoms with Gasteiger partial charge in [0.15, 0.2) is 9.84 Å². The molecule has 3 aromatic rings. The molecule has 0 saturated carbocycles. The van der Waals surface area contributed by atoms with Crippen molar-refractivity contribution in [1.29, 1.82) is 0 Å². The molecule has 0 saturated heterocycles. The molecule has 0 bridgehead atoms. The Morgan fingerprint density at radius 1 is 1.12 bits per heavy atom. The van der Waals surface area contributed by atoms with Gasteiger partial charge in [0, 0.05) is 17.9 Å². The Labute approximate surface area is 147 Å². The number of rotatable bonds is 5. The Bertz CT molecular complexity index is 1030. The highest BCUT2D eigenvalue weighted by atomic mass is 32.2. The number of sulfone groups is 1. The van der Waals surface area contributed by atoms with Crippen LogP contribution in [0.2, 0.25) is 0 Å². The predicted octanol–water partition coefficient (Wildman–Crippen LogP) is 3.20. The molecule has 0 aliphatic heterocycles. The van der Waals surface area contributed by atoms with Crippen molar-refractivity contribution in [2.24, 2.45) is 0 Å². The Morgan fingerprint density at radius 2 is 1.84 bits per heavy atom. The van der Waals surface area contributed by atoms with Crippen molar-refractivity contribution in [2.75, 3.05) is 6.26 Å². The topological polar surface area (TPSA) is 116 Å². The lowest BCUT2D eigenvalue weighted by Crippen LogP contribution is -1.99. The van der Waals surface area contributed by atoms with Crippen LogP contribution in [0.15, 0.2) is 68.0 Å². The third-order valence-electron chi connectivity index (χ3n) is 3.18. The second-order valence-electron chi connectivity index (χ2n) is 5.00. The van der Waals surface area contributed by atoms with Crippen molar-refractivity contribution in [3.05, 3.63) is 58.6 Å². The van der Waals surface area contributed by atoms with E-state index in [0.29, 0.717) is 5.89 Å². The summed E-state index contributed by atoms with van der Waals surface area (Å²) in [6.07, 6.45) is 0.989. The first-order valence-electron chi connectivity index (χ1n) is 6.90. The molecule has 10 heteroatoms. The maximum Gasteiger partial charge on any atom is 0.284 e. The first-order chi connectivity index (χ1) is 11.8. The highest BCUT2D eigenvalue weighted by Gasteiger charge is 2.21. The molecule has 0 N–H and O–H groups in total. The fourth-order valence-corrected chi connectivity index (χ4v) is 3.40. The van der Waals surface area contributed by atoms with Gasteiger partial charge in [0.1, 0.15) is 0 Å². The molecule has 1 aromatic heterocycles. The van der Waals surface area contributed by atoms with Crippen LogP contribution in [0.3, 0.4) is 0 Å². The van der Waals surface area contributed by atoms with Crippen LogP contribution < -0.4 is 0 Å². The summed E-state index contributed by atoms with van der Waals surface area (Å²) in [6.45, 7) is 0. The minimum absolute atomic E-state index is 0.119. The summed E-state index contributed by atoms with van der Waals surface area (Å²) in [5, 5.41) is 19.1. The van der Waals surface area contributed by atoms with Crippen molar-refractivity contribution in [3.63, 3.8) is 0 Å². The van der Waals surface area contributed by atoms with E-state index in [1.807, 2.05) is 18.2 Å². The van der Waals surface area contributed by atoms with Gasteiger partial charge in [-0.15, -0.1) is 10.2 Å². The summed E-state index contributed by atoms with van der Waals surface area (Å²) in [7, 11) is -3.55. The van der Waals surface area contributed by atoms with Crippen LogP contribution in [0.4, 0.5) is 5.69 Å². The van der Waals surface area contributed by atoms with E-state index in [0.717, 1.165) is 29.6 Å². The fourth-order valence-electron chi connectivity index (χ4n) is 2.00. The molecule has 8 nitrogen and oxygen atoms in total. The maximum absolute atomic E-state index is 11.6. The lowest BCUT2D eigenvalue weighted by Gasteiger charge is -2.02. The summed E-state index contributed by atoms with van der Waals surface area (Å²) in [6, 6.07) is 12.8. The van der Waals surface area contributed by atoms with Crippen LogP contribution in [0.5, 0.6) is 0 Å². The lowest BCUT2D eigenvalue weighted by atomic mass is 10.2. The highest BCUT2D eigenvalue weighted by molar-refractivity contribution is 7.99. The Balaban J connectivity index is 1.93. The second kappa shape index (κ2) is 6.65. The molecule has 1 heterocycles. The van der Waals surface area contributed by atoms with E-state index in [2.05, 4.69) is 10.2 Å². The first kappa shape index (κ1) is 17.1. The molecule has 0 amide bonds. The van der Waals surface area contributed by atoms with Crippen LogP contribution in [0.25, 0.3) is 11.5 Å². The normalized spacial score (nSPS) is 11.4. The van der Waals surface area contributed by atoms with Gasteiger partial charge in [0.05, 0.1) is 14.7 Å². The van der Waals surface area contributed by atoms with Gasteiger partial charge in [0.2, 0.25) is 5.89 Å². The van der Waals surface area contributed by atoms with Crippen LogP contribution in [0, 0.1) is 10.1 Å². The molecule has 0 aliphatic rings. The molecular weight excluding hydrogens is 366 g/mol. The largest absolute Gasteiger partial charge is 0.411 e. The quantitative estimate of drug-likeness (QED) is 0.491. The molecule has 25 heavy (non-hydrogen) atoms. The van der Waals surface area contributed by atoms with Crippen LogP contribution in [0.1, 0.15) is 0 Å². The molecule has 0 atom stereocenters. The molecule has 128 valence electrons. The smallest absolute Gasteiger partial charge is 0.284 e. The minimum Gasteiger partial charge on any atom is -0.411 e. The zero-order chi connectivity index (χ0) is 18.0. The number of nitro benzene ring substituents is 1. The number of aromatic nitrogens is 2. The van der Waals surface area contributed by atoms with Crippen molar-refractivity contribution in [2.45, 2.75) is 15.0 Å². The molecule has 0 fully saturated rings. The number of hydrogen-bond donors (Lipinski definition) is 0. The van der Waals surface area contributed by atoms with E-state index in [1.54, 1.807) is 12.1 Å². The zero-order valence-corrected chi connectivity index (χ0v) is 14.5. The molecule has 3 rings (SSSR count). The zero-order valence-electron chi connectivity index (χ0n) is 12.8. The summed E-state index contributed by atoms with van der Waals surface area (Å²) >= 11 is 0.901. The van der Waals surface area contributed by atoms with Crippen LogP contribution in [-0.4, -0.2) is 29.8 Å². The van der Waals surface area contributed by atoms with E-state index in [9.17, 15) is 18.5 Å². The van der Waals surface area contributed by atoms with Gasteiger partial charge in [-0.25, -0.2) is 8.42 Å². The van der Waals surface area contributed by atoms with Gasteiger partial charge >= 0.3 is 0 Å². The van der Waals surface area contributed by atoms with E-state index in [4.69, 9.17) is 4.42 Å². The van der Waals surface area contributed by atoms with Crippen molar-refractivity contribution >= 4 is 27.3 Å². The maximum atomic E-state index is 11.6. The average Bonchev–Trinajstić information content (AvgIpc) is 3.03. The second-order valence-corrected chi connectivity index (χ2v) is 8.01. The number of nitro groups is 1. The third-order valence-corrected chi connectivity index (χ3v) is 5.19. The minimum atomic E-state index is -3.55. The molecule has 0 aliphatic carbocycles. The highest BCUT2D eigenvalue weighted by Crippen LogP contribution is 2.36. The molecular formula is C15H11N3O5S2. The van der Waals surface area contributed by atoms with Crippen LogP contribution >= 0.6 is 11.8 Å². The van der Waals surface area contributed by atoms with Gasteiger partial charge in [-0.3, -0.25) is 10.1 Å². The number of hydrogen-bond acceptors (Lipinski definition) is 8. The summed E-state index contributed by atoms with van der Waals surface area (Å²) in [4.78, 5) is 10.7. The summed E-state index contributed by atoms with van der Waals surface area (Å²) in [5.74, 6) is 0.290. The van der Waals surface area contributed by atoms with E-state index < -0.39 is 14.8 Å². The molecule has 2 aromatic carbocycles. The fraction of sp³-hybridized carbons (Fsp3) is 0.0667. The SMILES string of the molecule is CS(=O)(=O)c1ccc(Sc2nnc(-c3ccccc3)o2)c([N+](=O)[O-])c1. The van der Waals surface area contributed by atoms with Gasteiger partial charge < -0.3 is 4.42 Å². The molecule has 0 spiro atoms. The van der Waals surface area contributed by atoms with E-state index in [1.165, 1.54) is 12.1 Å². The number of benzene rings is 2. The Hall–Kier alpha value is -2.72. The third kappa shape index (κ3) is 3.86. The van der Waals surface area contributed by atoms with Crippen LogP contribution in [-0.2, 0) is 9.84 Å². The Kier molecular flexibility index (Phi) is 4.55. The Morgan fingerprint density at radius 3 is 2.48 bits per heavy atom. The van der Waals surface area contributed by atoms with Crippen molar-refractivity contribution < 1.29 is 17.8 Å². The summed E-state index contributed by atoms with van der Waals surface area (Å²) in [5.41, 5.74) is 0.385. The summed E-state index contributed by atoms with van der Waals surface area (Å²) < 4.78 is 28.6. The first-order valence-corrected chi connectivity index (χ1v) is 9.60. The van der Waals surface area contributed by atoms with Gasteiger partial charge in [-0.2, -0.15) is 0 Å². The van der Waals surface area contributed by atoms with Gasteiger partial charge in [-0.05, 0) is 36.0 Å². The monoisotopic (exact) mass is 377 g/mol. The van der Waals surface area contributed by atoms with Crippen molar-refractivity contribution in [1.82, 2.24) is 10.2 Å². The standard InChI is InChI=1S/C15H11N3O5S2/c1-25(21,22)11-7-8-13(12(9-11)18(19)20)24-15-17-16-14(23-15)10-5-3-2-4-6-10/h2-9H,1H3. The number of nitrogens with zero attached hydrogens (tertiary/aromatic N) is 3. The average molecular weight is 377 g/mol. The molecule has 0 radical (unpaired) electrons. The lowest BCUT2D eigenvalue weighted by molar-refractivity contribution is -0.388. The molecule has 0 unspecified atom stereocenters. The van der Waals surface area contributed by atoms with Crippen molar-refractivity contribution in [3.8, 4) is 11.5 Å². The van der Waals surface area contributed by atoms with E-state index in [-0.39, 0.29) is 20.7 Å². The van der Waals surface area contributed by atoms with Gasteiger partial charge in [-0.1, -0.05) is 18.2 Å². The predicted molar refractivity (Wildman–Crippen MR) is 90.1 cm³/mol.